The summed E-state index contributed by atoms with van der Waals surface area (Å²) in [5.74, 6) is -1.27. The largest absolute Gasteiger partial charge is 0.480 e. The van der Waals surface area contributed by atoms with Crippen molar-refractivity contribution in [1.29, 1.82) is 0 Å². The van der Waals surface area contributed by atoms with Crippen LogP contribution in [-0.4, -0.2) is 35.6 Å². The van der Waals surface area contributed by atoms with Crippen molar-refractivity contribution in [2.75, 3.05) is 6.54 Å². The molecule has 0 bridgehead atoms. The number of amides is 1. The Bertz CT molecular complexity index is 1090. The molecule has 0 saturated carbocycles. The van der Waals surface area contributed by atoms with Crippen LogP contribution in [0, 0.1) is 0 Å². The maximum Gasteiger partial charge on any atom is 0.322 e. The third-order valence-corrected chi connectivity index (χ3v) is 9.86. The van der Waals surface area contributed by atoms with E-state index in [-0.39, 0.29) is 24.5 Å². The van der Waals surface area contributed by atoms with Gasteiger partial charge in [-0.1, -0.05) is 164 Å². The van der Waals surface area contributed by atoms with Crippen LogP contribution in [0.15, 0.2) is 72.9 Å². The highest BCUT2D eigenvalue weighted by Gasteiger charge is 2.14. The summed E-state index contributed by atoms with van der Waals surface area (Å²) in [4.78, 5) is 35.1. The van der Waals surface area contributed by atoms with Gasteiger partial charge >= 0.3 is 11.9 Å². The number of unbranched alkanes of at least 4 members (excludes halogenated alkanes) is 18. The zero-order chi connectivity index (χ0) is 40.8. The lowest BCUT2D eigenvalue weighted by Gasteiger charge is -2.18. The van der Waals surface area contributed by atoms with E-state index in [4.69, 9.17) is 9.84 Å². The van der Waals surface area contributed by atoms with Crippen LogP contribution in [0.1, 0.15) is 213 Å². The van der Waals surface area contributed by atoms with E-state index in [0.29, 0.717) is 12.8 Å². The van der Waals surface area contributed by atoms with Crippen LogP contribution >= 0.6 is 0 Å². The lowest BCUT2D eigenvalue weighted by Crippen LogP contribution is -2.28. The van der Waals surface area contributed by atoms with Crippen LogP contribution in [0.25, 0.3) is 0 Å². The molecular weight excluding hydrogens is 695 g/mol. The van der Waals surface area contributed by atoms with Crippen LogP contribution in [0.3, 0.4) is 0 Å². The number of ether oxygens (including phenoxy) is 1. The quantitative estimate of drug-likeness (QED) is 0.0366. The van der Waals surface area contributed by atoms with Gasteiger partial charge in [0.05, 0.1) is 0 Å². The maximum atomic E-state index is 12.8. The first-order chi connectivity index (χ1) is 27.5. The summed E-state index contributed by atoms with van der Waals surface area (Å²) in [6.45, 7) is 4.09. The van der Waals surface area contributed by atoms with Crippen LogP contribution in [0.4, 0.5) is 0 Å². The molecule has 1 atom stereocenters. The Labute approximate surface area is 344 Å². The third kappa shape index (κ3) is 43.6. The van der Waals surface area contributed by atoms with E-state index in [1.165, 1.54) is 77.0 Å². The lowest BCUT2D eigenvalue weighted by atomic mass is 10.0. The van der Waals surface area contributed by atoms with Crippen molar-refractivity contribution in [2.45, 2.75) is 219 Å². The zero-order valence-electron chi connectivity index (χ0n) is 36.2. The standard InChI is InChI=1S/C50H85NO5/c1-3-5-7-9-11-13-15-17-19-20-21-22-24-26-28-30-32-37-41-45-50(55)56-47(43-39-35-33-36-40-44-48(52)51-46-49(53)54)42-38-34-31-29-27-25-23-18-16-14-12-10-8-6-4-2/h6,8,11-14,17-19,23,27,29,47H,3-5,7,9-10,15-16,20-22,24-26,28,30-46H2,1-2H3,(H,51,52)(H,53,54)/b8-6-,13-11-,14-12-,19-17-,23-18-,29-27-. The number of nitrogens with one attached hydrogen (secondary N) is 1. The molecule has 0 heterocycles. The van der Waals surface area contributed by atoms with Gasteiger partial charge in [0.15, 0.2) is 0 Å². The Kier molecular flexibility index (Phi) is 42.1. The summed E-state index contributed by atoms with van der Waals surface area (Å²) in [5.41, 5.74) is 0. The van der Waals surface area contributed by atoms with Gasteiger partial charge in [-0.05, 0) is 109 Å². The number of aliphatic carboxylic acids is 1. The molecule has 0 aliphatic heterocycles. The molecule has 0 aromatic heterocycles. The van der Waals surface area contributed by atoms with E-state index in [9.17, 15) is 14.4 Å². The first-order valence-electron chi connectivity index (χ1n) is 23.1. The molecule has 0 aromatic rings. The fourth-order valence-corrected chi connectivity index (χ4v) is 6.48. The van der Waals surface area contributed by atoms with E-state index in [2.05, 4.69) is 92.1 Å². The highest BCUT2D eigenvalue weighted by Crippen LogP contribution is 2.18. The minimum Gasteiger partial charge on any atom is -0.480 e. The van der Waals surface area contributed by atoms with Gasteiger partial charge in [-0.3, -0.25) is 14.4 Å². The van der Waals surface area contributed by atoms with Gasteiger partial charge < -0.3 is 15.2 Å². The number of hydrogen-bond donors (Lipinski definition) is 2. The van der Waals surface area contributed by atoms with Gasteiger partial charge in [-0.25, -0.2) is 0 Å². The summed E-state index contributed by atoms with van der Waals surface area (Å²) in [5, 5.41) is 11.1. The normalized spacial score (nSPS) is 12.8. The molecular formula is C50H85NO5. The zero-order valence-corrected chi connectivity index (χ0v) is 36.2. The van der Waals surface area contributed by atoms with E-state index < -0.39 is 5.97 Å². The number of rotatable bonds is 41. The van der Waals surface area contributed by atoms with Gasteiger partial charge in [-0.15, -0.1) is 0 Å². The molecule has 2 N–H and O–H groups in total. The number of carboxylic acid groups (broad SMARTS) is 1. The highest BCUT2D eigenvalue weighted by atomic mass is 16.5. The summed E-state index contributed by atoms with van der Waals surface area (Å²) in [6, 6.07) is 0. The second-order valence-electron chi connectivity index (χ2n) is 15.3. The van der Waals surface area contributed by atoms with Crippen LogP contribution in [-0.2, 0) is 19.1 Å². The summed E-state index contributed by atoms with van der Waals surface area (Å²) in [6.07, 6.45) is 60.3. The number of carboxylic acids is 1. The number of esters is 1. The van der Waals surface area contributed by atoms with E-state index in [1.54, 1.807) is 0 Å². The molecule has 1 amide bonds. The Morgan fingerprint density at radius 2 is 0.875 bits per heavy atom. The van der Waals surface area contributed by atoms with E-state index in [0.717, 1.165) is 109 Å². The molecule has 0 fully saturated rings. The Hall–Kier alpha value is -3.15. The molecule has 0 rings (SSSR count). The van der Waals surface area contributed by atoms with Crippen LogP contribution < -0.4 is 5.32 Å². The van der Waals surface area contributed by atoms with Crippen molar-refractivity contribution in [2.24, 2.45) is 0 Å². The fourth-order valence-electron chi connectivity index (χ4n) is 6.48. The van der Waals surface area contributed by atoms with Crippen molar-refractivity contribution >= 4 is 17.8 Å². The van der Waals surface area contributed by atoms with Crippen molar-refractivity contribution in [1.82, 2.24) is 5.32 Å². The highest BCUT2D eigenvalue weighted by molar-refractivity contribution is 5.80. The molecule has 0 radical (unpaired) electrons. The SMILES string of the molecule is CC/C=C\C/C=C\C/C=C\C/C=C\CCCCC(CCCCCCCC(=O)NCC(=O)O)OC(=O)CCCCCCCCCCC/C=C\C/C=C\CCCCC. The van der Waals surface area contributed by atoms with Crippen LogP contribution in [0.5, 0.6) is 0 Å². The van der Waals surface area contributed by atoms with E-state index >= 15 is 0 Å². The van der Waals surface area contributed by atoms with Crippen molar-refractivity contribution in [3.63, 3.8) is 0 Å². The average Bonchev–Trinajstić information content (AvgIpc) is 3.18. The molecule has 0 spiro atoms. The number of hydrogen-bond acceptors (Lipinski definition) is 4. The first kappa shape index (κ1) is 52.9. The fraction of sp³-hybridized carbons (Fsp3) is 0.700. The molecule has 6 heteroatoms. The molecule has 0 aromatic carbocycles. The summed E-state index contributed by atoms with van der Waals surface area (Å²) < 4.78 is 6.03. The second kappa shape index (κ2) is 44.6. The Morgan fingerprint density at radius 3 is 1.38 bits per heavy atom. The smallest absolute Gasteiger partial charge is 0.322 e. The van der Waals surface area contributed by atoms with Crippen molar-refractivity contribution in [3.05, 3.63) is 72.9 Å². The monoisotopic (exact) mass is 780 g/mol. The predicted octanol–water partition coefficient (Wildman–Crippen LogP) is 14.6. The first-order valence-corrected chi connectivity index (χ1v) is 23.1. The van der Waals surface area contributed by atoms with E-state index in [1.807, 2.05) is 0 Å². The Balaban J connectivity index is 4.24. The number of carbonyl (C=O) groups excluding carboxylic acids is 2. The topological polar surface area (TPSA) is 92.7 Å². The van der Waals surface area contributed by atoms with Gasteiger partial charge in [0.25, 0.3) is 0 Å². The minimum absolute atomic E-state index is 0.0191. The molecule has 0 saturated heterocycles. The average molecular weight is 780 g/mol. The van der Waals surface area contributed by atoms with Crippen molar-refractivity contribution < 1.29 is 24.2 Å². The maximum absolute atomic E-state index is 12.8. The summed E-state index contributed by atoms with van der Waals surface area (Å²) in [7, 11) is 0. The van der Waals surface area contributed by atoms with Crippen molar-refractivity contribution in [3.8, 4) is 0 Å². The second-order valence-corrected chi connectivity index (χ2v) is 15.3. The van der Waals surface area contributed by atoms with Gasteiger partial charge in [0.2, 0.25) is 5.91 Å². The van der Waals surface area contributed by atoms with Gasteiger partial charge in [0, 0.05) is 12.8 Å². The summed E-state index contributed by atoms with van der Waals surface area (Å²) >= 11 is 0. The molecule has 0 aliphatic carbocycles. The number of allylic oxidation sites excluding steroid dienone is 12. The Morgan fingerprint density at radius 1 is 0.482 bits per heavy atom. The number of carbonyl (C=O) groups is 3. The molecule has 0 aliphatic rings. The third-order valence-electron chi connectivity index (χ3n) is 9.86. The predicted molar refractivity (Wildman–Crippen MR) is 240 cm³/mol. The molecule has 320 valence electrons. The molecule has 6 nitrogen and oxygen atoms in total. The van der Waals surface area contributed by atoms with Gasteiger partial charge in [0.1, 0.15) is 12.6 Å². The lowest BCUT2D eigenvalue weighted by molar-refractivity contribution is -0.150. The molecule has 1 unspecified atom stereocenters. The molecule has 56 heavy (non-hydrogen) atoms. The minimum atomic E-state index is -1.02. The van der Waals surface area contributed by atoms with Gasteiger partial charge in [-0.2, -0.15) is 0 Å². The van der Waals surface area contributed by atoms with Crippen LogP contribution in [0.2, 0.25) is 0 Å².